The van der Waals surface area contributed by atoms with Gasteiger partial charge >= 0.3 is 6.18 Å². The molecule has 2 aromatic carbocycles. The number of amides is 1. The lowest BCUT2D eigenvalue weighted by Gasteiger charge is -2.36. The van der Waals surface area contributed by atoms with Crippen molar-refractivity contribution < 1.29 is 18.0 Å². The molecule has 0 spiro atoms. The SMILES string of the molecule is CC(C)C[C@@H](C(=O)NCC#N)c1cccc(-c2ccc(N3CCN(CC(F)(F)F)CC3)cc2)c1. The van der Waals surface area contributed by atoms with E-state index in [9.17, 15) is 18.0 Å². The molecule has 1 aliphatic heterocycles. The van der Waals surface area contributed by atoms with Crippen molar-refractivity contribution in [3.63, 3.8) is 0 Å². The number of nitrogens with zero attached hydrogens (tertiary/aromatic N) is 3. The average Bonchev–Trinajstić information content (AvgIpc) is 2.80. The second kappa shape index (κ2) is 11.4. The number of nitriles is 1. The van der Waals surface area contributed by atoms with Crippen LogP contribution in [0.25, 0.3) is 11.1 Å². The smallest absolute Gasteiger partial charge is 0.369 e. The number of alkyl halides is 3. The maximum atomic E-state index is 12.7. The molecule has 0 saturated carbocycles. The van der Waals surface area contributed by atoms with E-state index in [4.69, 9.17) is 5.26 Å². The molecule has 0 radical (unpaired) electrons. The Balaban J connectivity index is 1.71. The molecule has 8 heteroatoms. The zero-order valence-electron chi connectivity index (χ0n) is 19.6. The van der Waals surface area contributed by atoms with Crippen molar-refractivity contribution in [2.75, 3.05) is 44.2 Å². The molecular weight excluding hydrogens is 441 g/mol. The third-order valence-electron chi connectivity index (χ3n) is 6.00. The summed E-state index contributed by atoms with van der Waals surface area (Å²) < 4.78 is 37.8. The molecule has 1 N–H and O–H groups in total. The van der Waals surface area contributed by atoms with E-state index < -0.39 is 12.7 Å². The van der Waals surface area contributed by atoms with Crippen LogP contribution in [-0.2, 0) is 4.79 Å². The lowest BCUT2D eigenvalue weighted by atomic mass is 9.88. The first-order chi connectivity index (χ1) is 16.2. The summed E-state index contributed by atoms with van der Waals surface area (Å²) in [7, 11) is 0. The molecule has 1 saturated heterocycles. The number of piperazine rings is 1. The van der Waals surface area contributed by atoms with Crippen molar-refractivity contribution in [3.8, 4) is 17.2 Å². The van der Waals surface area contributed by atoms with Gasteiger partial charge in [-0.3, -0.25) is 9.69 Å². The summed E-state index contributed by atoms with van der Waals surface area (Å²) in [6, 6.07) is 17.8. The first-order valence-electron chi connectivity index (χ1n) is 11.6. The van der Waals surface area contributed by atoms with E-state index in [1.807, 2.05) is 54.6 Å². The second-order valence-electron chi connectivity index (χ2n) is 9.11. The molecule has 0 unspecified atom stereocenters. The first kappa shape index (κ1) is 25.6. The maximum Gasteiger partial charge on any atom is 0.401 e. The summed E-state index contributed by atoms with van der Waals surface area (Å²) in [5, 5.41) is 11.5. The van der Waals surface area contributed by atoms with Crippen LogP contribution in [0.3, 0.4) is 0 Å². The molecule has 1 fully saturated rings. The Morgan fingerprint density at radius 2 is 1.74 bits per heavy atom. The van der Waals surface area contributed by atoms with Crippen molar-refractivity contribution in [2.24, 2.45) is 5.92 Å². The van der Waals surface area contributed by atoms with E-state index in [0.29, 0.717) is 38.5 Å². The van der Waals surface area contributed by atoms with E-state index in [1.165, 1.54) is 4.90 Å². The average molecular weight is 473 g/mol. The van der Waals surface area contributed by atoms with Crippen molar-refractivity contribution in [1.82, 2.24) is 10.2 Å². The summed E-state index contributed by atoms with van der Waals surface area (Å²) in [6.07, 6.45) is -3.48. The van der Waals surface area contributed by atoms with Crippen molar-refractivity contribution in [1.29, 1.82) is 5.26 Å². The molecule has 1 atom stereocenters. The number of carbonyl (C=O) groups is 1. The topological polar surface area (TPSA) is 59.4 Å². The van der Waals surface area contributed by atoms with Crippen LogP contribution in [0, 0.1) is 17.2 Å². The van der Waals surface area contributed by atoms with Gasteiger partial charge in [0.2, 0.25) is 5.91 Å². The van der Waals surface area contributed by atoms with Crippen LogP contribution in [0.15, 0.2) is 48.5 Å². The number of rotatable bonds is 8. The summed E-state index contributed by atoms with van der Waals surface area (Å²) in [6.45, 7) is 5.13. The minimum atomic E-state index is -4.16. The Hall–Kier alpha value is -3.05. The number of halogens is 3. The highest BCUT2D eigenvalue weighted by atomic mass is 19.4. The highest BCUT2D eigenvalue weighted by molar-refractivity contribution is 5.84. The van der Waals surface area contributed by atoms with Gasteiger partial charge in [0, 0.05) is 31.9 Å². The minimum absolute atomic E-state index is 0.0148. The van der Waals surface area contributed by atoms with Gasteiger partial charge in [-0.2, -0.15) is 18.4 Å². The molecule has 0 aliphatic carbocycles. The van der Waals surface area contributed by atoms with Gasteiger partial charge in [-0.25, -0.2) is 0 Å². The van der Waals surface area contributed by atoms with Crippen LogP contribution in [-0.4, -0.2) is 56.3 Å². The van der Waals surface area contributed by atoms with E-state index >= 15 is 0 Å². The second-order valence-corrected chi connectivity index (χ2v) is 9.11. The van der Waals surface area contributed by atoms with Crippen molar-refractivity contribution >= 4 is 11.6 Å². The predicted octanol–water partition coefficient (Wildman–Crippen LogP) is 4.81. The summed E-state index contributed by atoms with van der Waals surface area (Å²) in [4.78, 5) is 16.2. The monoisotopic (exact) mass is 472 g/mol. The van der Waals surface area contributed by atoms with Crippen LogP contribution < -0.4 is 10.2 Å². The van der Waals surface area contributed by atoms with Gasteiger partial charge in [0.05, 0.1) is 18.5 Å². The van der Waals surface area contributed by atoms with Gasteiger partial charge in [0.15, 0.2) is 0 Å². The molecule has 1 aliphatic rings. The minimum Gasteiger partial charge on any atom is -0.369 e. The standard InChI is InChI=1S/C26H31F3N4O/c1-19(2)16-24(25(34)31-11-10-30)22-5-3-4-21(17-22)20-6-8-23(9-7-20)33-14-12-32(13-15-33)18-26(27,28)29/h3-9,17,19,24H,11-16,18H2,1-2H3,(H,31,34)/t24-/m1/s1. The molecule has 1 heterocycles. The van der Waals surface area contributed by atoms with E-state index in [0.717, 1.165) is 22.4 Å². The Labute approximate surface area is 199 Å². The fourth-order valence-corrected chi connectivity index (χ4v) is 4.33. The van der Waals surface area contributed by atoms with Gasteiger partial charge in [0.25, 0.3) is 0 Å². The van der Waals surface area contributed by atoms with Crippen LogP contribution >= 0.6 is 0 Å². The molecular formula is C26H31F3N4O. The fourth-order valence-electron chi connectivity index (χ4n) is 4.33. The number of anilines is 1. The Kier molecular flexibility index (Phi) is 8.56. The van der Waals surface area contributed by atoms with E-state index in [-0.39, 0.29) is 18.4 Å². The van der Waals surface area contributed by atoms with Gasteiger partial charge in [0.1, 0.15) is 6.54 Å². The molecule has 5 nitrogen and oxygen atoms in total. The third kappa shape index (κ3) is 7.22. The zero-order chi connectivity index (χ0) is 24.7. The van der Waals surface area contributed by atoms with Gasteiger partial charge in [-0.05, 0) is 41.2 Å². The van der Waals surface area contributed by atoms with Crippen molar-refractivity contribution in [3.05, 3.63) is 54.1 Å². The lowest BCUT2D eigenvalue weighted by molar-refractivity contribution is -0.146. The summed E-state index contributed by atoms with van der Waals surface area (Å²) in [5.74, 6) is -0.162. The van der Waals surface area contributed by atoms with Crippen molar-refractivity contribution in [2.45, 2.75) is 32.4 Å². The normalized spacial score (nSPS) is 15.7. The van der Waals surface area contributed by atoms with Crippen LogP contribution in [0.1, 0.15) is 31.7 Å². The maximum absolute atomic E-state index is 12.7. The largest absolute Gasteiger partial charge is 0.401 e. The van der Waals surface area contributed by atoms with Crippen LogP contribution in [0.4, 0.5) is 18.9 Å². The molecule has 182 valence electrons. The summed E-state index contributed by atoms with van der Waals surface area (Å²) >= 11 is 0. The van der Waals surface area contributed by atoms with Crippen LogP contribution in [0.2, 0.25) is 0 Å². The Bertz CT molecular complexity index is 990. The Morgan fingerprint density at radius 1 is 1.06 bits per heavy atom. The quantitative estimate of drug-likeness (QED) is 0.561. The molecule has 2 aromatic rings. The fraction of sp³-hybridized carbons (Fsp3) is 0.462. The summed E-state index contributed by atoms with van der Waals surface area (Å²) in [5.41, 5.74) is 3.88. The van der Waals surface area contributed by atoms with Gasteiger partial charge in [-0.15, -0.1) is 0 Å². The van der Waals surface area contributed by atoms with Crippen LogP contribution in [0.5, 0.6) is 0 Å². The molecule has 0 bridgehead atoms. The molecule has 3 rings (SSSR count). The molecule has 34 heavy (non-hydrogen) atoms. The Morgan fingerprint density at radius 3 is 2.32 bits per heavy atom. The number of benzene rings is 2. The lowest BCUT2D eigenvalue weighted by Crippen LogP contribution is -2.49. The molecule has 1 amide bonds. The highest BCUT2D eigenvalue weighted by Gasteiger charge is 2.32. The number of hydrogen-bond acceptors (Lipinski definition) is 4. The van der Waals surface area contributed by atoms with Gasteiger partial charge in [-0.1, -0.05) is 50.2 Å². The number of hydrogen-bond donors (Lipinski definition) is 1. The number of nitrogens with one attached hydrogen (secondary N) is 1. The zero-order valence-corrected chi connectivity index (χ0v) is 19.6. The van der Waals surface area contributed by atoms with Gasteiger partial charge < -0.3 is 10.2 Å². The van der Waals surface area contributed by atoms with E-state index in [1.54, 1.807) is 0 Å². The number of carbonyl (C=O) groups excluding carboxylic acids is 1. The third-order valence-corrected chi connectivity index (χ3v) is 6.00. The first-order valence-corrected chi connectivity index (χ1v) is 11.6. The molecule has 0 aromatic heterocycles. The predicted molar refractivity (Wildman–Crippen MR) is 127 cm³/mol. The van der Waals surface area contributed by atoms with E-state index in [2.05, 4.69) is 24.1 Å². The highest BCUT2D eigenvalue weighted by Crippen LogP contribution is 2.30.